The average Bonchev–Trinajstić information content (AvgIpc) is 3.31. The number of thiazole rings is 1. The zero-order valence-electron chi connectivity index (χ0n) is 17.9. The highest BCUT2D eigenvalue weighted by atomic mass is 32.1. The van der Waals surface area contributed by atoms with Crippen LogP contribution in [0.25, 0.3) is 32.0 Å². The van der Waals surface area contributed by atoms with Crippen molar-refractivity contribution in [1.29, 1.82) is 0 Å². The summed E-state index contributed by atoms with van der Waals surface area (Å²) < 4.78 is 1.88. The minimum absolute atomic E-state index is 0.0759. The van der Waals surface area contributed by atoms with Crippen LogP contribution in [0.5, 0.6) is 0 Å². The number of hydrogen-bond donors (Lipinski definition) is 2. The maximum absolute atomic E-state index is 12.2. The van der Waals surface area contributed by atoms with Crippen molar-refractivity contribution in [1.82, 2.24) is 29.7 Å². The van der Waals surface area contributed by atoms with Gasteiger partial charge in [-0.2, -0.15) is 0 Å². The van der Waals surface area contributed by atoms with Gasteiger partial charge in [-0.3, -0.25) is 10.1 Å². The summed E-state index contributed by atoms with van der Waals surface area (Å²) in [6, 6.07) is 7.55. The first kappa shape index (κ1) is 20.7. The van der Waals surface area contributed by atoms with Gasteiger partial charge in [0.15, 0.2) is 5.82 Å². The van der Waals surface area contributed by atoms with E-state index in [1.807, 2.05) is 42.8 Å². The lowest BCUT2D eigenvalue weighted by Gasteiger charge is -2.13. The van der Waals surface area contributed by atoms with E-state index in [1.54, 1.807) is 20.4 Å². The zero-order chi connectivity index (χ0) is 22.3. The first-order valence-corrected chi connectivity index (χ1v) is 10.5. The first-order chi connectivity index (χ1) is 14.7. The molecule has 0 aliphatic heterocycles. The minimum atomic E-state index is -0.275. The lowest BCUT2D eigenvalue weighted by Crippen LogP contribution is -2.27. The third kappa shape index (κ3) is 3.93. The maximum atomic E-state index is 12.2. The molecule has 160 valence electrons. The Labute approximate surface area is 183 Å². The molecule has 10 heteroatoms. The Morgan fingerprint density at radius 1 is 1.19 bits per heavy atom. The molecule has 0 unspecified atom stereocenters. The molecular weight excluding hydrogens is 414 g/mol. The number of hydrogen-bond acceptors (Lipinski definition) is 6. The van der Waals surface area contributed by atoms with Gasteiger partial charge in [-0.05, 0) is 18.6 Å². The SMILES string of the molecule is CC(=O)N[C@@H](C)c1cccc(-c2nc3c(nc(NC(=O)N(C)C)c4ncn(C)c43)s2)c1. The molecule has 0 saturated heterocycles. The van der Waals surface area contributed by atoms with Crippen molar-refractivity contribution < 1.29 is 9.59 Å². The van der Waals surface area contributed by atoms with Gasteiger partial charge in [-0.1, -0.05) is 29.5 Å². The van der Waals surface area contributed by atoms with Gasteiger partial charge >= 0.3 is 6.03 Å². The molecule has 0 radical (unpaired) electrons. The smallest absolute Gasteiger partial charge is 0.322 e. The molecule has 3 heterocycles. The van der Waals surface area contributed by atoms with Crippen molar-refractivity contribution >= 4 is 50.5 Å². The van der Waals surface area contributed by atoms with Crippen LogP contribution in [0.2, 0.25) is 0 Å². The number of benzene rings is 1. The number of nitrogens with zero attached hydrogens (tertiary/aromatic N) is 5. The van der Waals surface area contributed by atoms with Crippen LogP contribution in [0, 0.1) is 0 Å². The van der Waals surface area contributed by atoms with Gasteiger partial charge < -0.3 is 14.8 Å². The molecule has 1 aromatic carbocycles. The molecular formula is C21H23N7O2S. The van der Waals surface area contributed by atoms with E-state index in [1.165, 1.54) is 23.2 Å². The molecule has 1 atom stereocenters. The molecule has 0 bridgehead atoms. The molecule has 2 N–H and O–H groups in total. The van der Waals surface area contributed by atoms with Gasteiger partial charge in [0, 0.05) is 33.6 Å². The van der Waals surface area contributed by atoms with Crippen LogP contribution in [0.1, 0.15) is 25.5 Å². The normalized spacial score (nSPS) is 12.2. The number of carbonyl (C=O) groups excluding carboxylic acids is 2. The van der Waals surface area contributed by atoms with E-state index in [0.717, 1.165) is 27.2 Å². The number of imidazole rings is 1. The summed E-state index contributed by atoms with van der Waals surface area (Å²) in [5, 5.41) is 6.53. The molecule has 9 nitrogen and oxygen atoms in total. The van der Waals surface area contributed by atoms with Crippen LogP contribution in [-0.4, -0.2) is 50.5 Å². The number of fused-ring (bicyclic) bond motifs is 3. The number of pyridine rings is 1. The standard InChI is InChI=1S/C21H23N7O2S/c1-11(23-12(2)29)13-7-6-8-14(9-13)19-24-16-17-15(22-10-28(17)5)18(25-20(16)31-19)26-21(30)27(3)4/h6-11H,1-5H3,(H,23,29)(H,25,26,30)/t11-/m0/s1. The quantitative estimate of drug-likeness (QED) is 0.508. The molecule has 0 saturated carbocycles. The molecule has 0 fully saturated rings. The van der Waals surface area contributed by atoms with Gasteiger partial charge in [-0.15, -0.1) is 0 Å². The zero-order valence-corrected chi connectivity index (χ0v) is 18.7. The third-order valence-corrected chi connectivity index (χ3v) is 5.89. The van der Waals surface area contributed by atoms with Crippen LogP contribution in [0.15, 0.2) is 30.6 Å². The Balaban J connectivity index is 1.82. The molecule has 0 spiro atoms. The summed E-state index contributed by atoms with van der Waals surface area (Å²) in [5.41, 5.74) is 4.06. The summed E-state index contributed by atoms with van der Waals surface area (Å²) in [6.45, 7) is 3.45. The highest BCUT2D eigenvalue weighted by Gasteiger charge is 2.19. The number of anilines is 1. The largest absolute Gasteiger partial charge is 0.350 e. The van der Waals surface area contributed by atoms with E-state index in [-0.39, 0.29) is 18.0 Å². The van der Waals surface area contributed by atoms with E-state index in [2.05, 4.69) is 20.6 Å². The number of nitrogens with one attached hydrogen (secondary N) is 2. The number of amides is 3. The number of urea groups is 1. The van der Waals surface area contributed by atoms with Crippen molar-refractivity contribution in [2.45, 2.75) is 19.9 Å². The fraction of sp³-hybridized carbons (Fsp3) is 0.286. The van der Waals surface area contributed by atoms with Crippen molar-refractivity contribution in [2.75, 3.05) is 19.4 Å². The summed E-state index contributed by atoms with van der Waals surface area (Å²) in [7, 11) is 5.23. The number of aryl methyl sites for hydroxylation is 1. The highest BCUT2D eigenvalue weighted by Crippen LogP contribution is 2.35. The van der Waals surface area contributed by atoms with Gasteiger partial charge in [0.1, 0.15) is 26.4 Å². The van der Waals surface area contributed by atoms with Crippen molar-refractivity contribution in [3.05, 3.63) is 36.2 Å². The topological polar surface area (TPSA) is 105 Å². The summed E-state index contributed by atoms with van der Waals surface area (Å²) in [4.78, 5) is 39.7. The predicted molar refractivity (Wildman–Crippen MR) is 122 cm³/mol. The van der Waals surface area contributed by atoms with E-state index in [4.69, 9.17) is 4.98 Å². The second-order valence-electron chi connectivity index (χ2n) is 7.56. The van der Waals surface area contributed by atoms with E-state index >= 15 is 0 Å². The molecule has 4 aromatic rings. The molecule has 0 aliphatic rings. The second-order valence-corrected chi connectivity index (χ2v) is 8.54. The first-order valence-electron chi connectivity index (χ1n) is 9.72. The van der Waals surface area contributed by atoms with Crippen LogP contribution in [0.3, 0.4) is 0 Å². The number of aromatic nitrogens is 4. The van der Waals surface area contributed by atoms with Gasteiger partial charge in [0.2, 0.25) is 5.91 Å². The predicted octanol–water partition coefficient (Wildman–Crippen LogP) is 3.54. The van der Waals surface area contributed by atoms with Crippen molar-refractivity contribution in [3.63, 3.8) is 0 Å². The minimum Gasteiger partial charge on any atom is -0.350 e. The lowest BCUT2D eigenvalue weighted by molar-refractivity contribution is -0.119. The van der Waals surface area contributed by atoms with E-state index in [0.29, 0.717) is 16.2 Å². The van der Waals surface area contributed by atoms with Gasteiger partial charge in [-0.25, -0.2) is 19.7 Å². The Morgan fingerprint density at radius 3 is 2.68 bits per heavy atom. The van der Waals surface area contributed by atoms with Gasteiger partial charge in [0.25, 0.3) is 0 Å². The van der Waals surface area contributed by atoms with E-state index in [9.17, 15) is 9.59 Å². The molecule has 3 aromatic heterocycles. The molecule has 3 amide bonds. The highest BCUT2D eigenvalue weighted by molar-refractivity contribution is 7.21. The van der Waals surface area contributed by atoms with Crippen LogP contribution < -0.4 is 10.6 Å². The van der Waals surface area contributed by atoms with Crippen LogP contribution in [0.4, 0.5) is 10.6 Å². The Kier molecular flexibility index (Phi) is 5.32. The Morgan fingerprint density at radius 2 is 1.97 bits per heavy atom. The summed E-state index contributed by atoms with van der Waals surface area (Å²) in [6.07, 6.45) is 1.69. The fourth-order valence-electron chi connectivity index (χ4n) is 3.33. The van der Waals surface area contributed by atoms with Gasteiger partial charge in [0.05, 0.1) is 12.4 Å². The molecule has 0 aliphatic carbocycles. The van der Waals surface area contributed by atoms with Crippen LogP contribution >= 0.6 is 11.3 Å². The van der Waals surface area contributed by atoms with Crippen molar-refractivity contribution in [3.8, 4) is 10.6 Å². The van der Waals surface area contributed by atoms with Crippen molar-refractivity contribution in [2.24, 2.45) is 7.05 Å². The molecule has 31 heavy (non-hydrogen) atoms. The third-order valence-electron chi connectivity index (χ3n) is 4.89. The lowest BCUT2D eigenvalue weighted by atomic mass is 10.1. The summed E-state index contributed by atoms with van der Waals surface area (Å²) in [5.74, 6) is 0.332. The summed E-state index contributed by atoms with van der Waals surface area (Å²) >= 11 is 1.45. The average molecular weight is 438 g/mol. The monoisotopic (exact) mass is 437 g/mol. The second kappa shape index (κ2) is 7.95. The number of carbonyl (C=O) groups is 2. The van der Waals surface area contributed by atoms with E-state index < -0.39 is 0 Å². The Bertz CT molecular complexity index is 1310. The maximum Gasteiger partial charge on any atom is 0.322 e. The fourth-order valence-corrected chi connectivity index (χ4v) is 4.27. The Hall–Kier alpha value is -3.53. The van der Waals surface area contributed by atoms with Crippen LogP contribution in [-0.2, 0) is 11.8 Å². The number of rotatable bonds is 4. The molecule has 4 rings (SSSR count).